The molecule has 13 heavy (non-hydrogen) atoms. The van der Waals surface area contributed by atoms with Gasteiger partial charge in [0.1, 0.15) is 6.04 Å². The van der Waals surface area contributed by atoms with Gasteiger partial charge in [-0.3, -0.25) is 9.69 Å². The zero-order valence-corrected chi connectivity index (χ0v) is 7.82. The third kappa shape index (κ3) is 1.34. The summed E-state index contributed by atoms with van der Waals surface area (Å²) in [4.78, 5) is 12.8. The summed E-state index contributed by atoms with van der Waals surface area (Å²) in [5, 5.41) is 8.90. The fraction of sp³-hybridized carbons (Fsp3) is 0.889. The van der Waals surface area contributed by atoms with Crippen LogP contribution in [0.15, 0.2) is 0 Å². The Morgan fingerprint density at radius 2 is 2.23 bits per heavy atom. The van der Waals surface area contributed by atoms with Crippen LogP contribution < -0.4 is 0 Å². The van der Waals surface area contributed by atoms with Crippen molar-refractivity contribution >= 4 is 5.97 Å². The van der Waals surface area contributed by atoms with E-state index in [9.17, 15) is 4.79 Å². The molecule has 1 unspecified atom stereocenters. The molecule has 2 heterocycles. The Kier molecular flexibility index (Phi) is 2.04. The lowest BCUT2D eigenvalue weighted by atomic mass is 9.77. The number of ether oxygens (including phenoxy) is 1. The predicted octanol–water partition coefficient (Wildman–Crippen LogP) is 0.182. The lowest BCUT2D eigenvalue weighted by molar-refractivity contribution is -0.202. The summed E-state index contributed by atoms with van der Waals surface area (Å²) in [6.07, 6.45) is 0.687. The SMILES string of the molecule is CCC(C(=O)O)N1CC2(COC2)C1. The quantitative estimate of drug-likeness (QED) is 0.681. The molecule has 0 radical (unpaired) electrons. The summed E-state index contributed by atoms with van der Waals surface area (Å²) in [6, 6.07) is -0.286. The fourth-order valence-electron chi connectivity index (χ4n) is 2.20. The van der Waals surface area contributed by atoms with Crippen LogP contribution in [0.2, 0.25) is 0 Å². The van der Waals surface area contributed by atoms with Crippen molar-refractivity contribution in [1.29, 1.82) is 0 Å². The van der Waals surface area contributed by atoms with Crippen molar-refractivity contribution < 1.29 is 14.6 Å². The minimum absolute atomic E-state index is 0.286. The van der Waals surface area contributed by atoms with Gasteiger partial charge in [-0.2, -0.15) is 0 Å². The molecular weight excluding hydrogens is 170 g/mol. The summed E-state index contributed by atoms with van der Waals surface area (Å²) in [5.74, 6) is -0.697. The van der Waals surface area contributed by atoms with E-state index < -0.39 is 5.97 Å². The Labute approximate surface area is 77.5 Å². The molecule has 4 nitrogen and oxygen atoms in total. The van der Waals surface area contributed by atoms with Gasteiger partial charge >= 0.3 is 5.97 Å². The van der Waals surface area contributed by atoms with Crippen molar-refractivity contribution in [2.24, 2.45) is 5.41 Å². The lowest BCUT2D eigenvalue weighted by Gasteiger charge is -2.56. The van der Waals surface area contributed by atoms with E-state index in [1.807, 2.05) is 11.8 Å². The summed E-state index contributed by atoms with van der Waals surface area (Å²) in [7, 11) is 0. The van der Waals surface area contributed by atoms with Crippen molar-refractivity contribution in [2.45, 2.75) is 19.4 Å². The molecule has 2 aliphatic rings. The van der Waals surface area contributed by atoms with E-state index in [4.69, 9.17) is 9.84 Å². The molecule has 2 rings (SSSR count). The smallest absolute Gasteiger partial charge is 0.320 e. The van der Waals surface area contributed by atoms with E-state index >= 15 is 0 Å². The van der Waals surface area contributed by atoms with E-state index in [2.05, 4.69) is 0 Å². The summed E-state index contributed by atoms with van der Waals surface area (Å²) < 4.78 is 5.13. The van der Waals surface area contributed by atoms with Crippen LogP contribution >= 0.6 is 0 Å². The summed E-state index contributed by atoms with van der Waals surface area (Å²) in [5.41, 5.74) is 0.322. The molecule has 0 aromatic heterocycles. The maximum absolute atomic E-state index is 10.8. The van der Waals surface area contributed by atoms with Crippen LogP contribution in [0.3, 0.4) is 0 Å². The number of carbonyl (C=O) groups is 1. The predicted molar refractivity (Wildman–Crippen MR) is 46.5 cm³/mol. The third-order valence-corrected chi connectivity index (χ3v) is 3.01. The Morgan fingerprint density at radius 3 is 2.54 bits per heavy atom. The molecule has 0 amide bonds. The van der Waals surface area contributed by atoms with Gasteiger partial charge in [-0.25, -0.2) is 0 Å². The van der Waals surface area contributed by atoms with Crippen LogP contribution in [0, 0.1) is 5.41 Å². The first kappa shape index (κ1) is 8.97. The molecule has 74 valence electrons. The van der Waals surface area contributed by atoms with Gasteiger partial charge in [0.25, 0.3) is 0 Å². The Bertz CT molecular complexity index is 217. The maximum atomic E-state index is 10.8. The highest BCUT2D eigenvalue weighted by molar-refractivity contribution is 5.73. The largest absolute Gasteiger partial charge is 0.480 e. The Balaban J connectivity index is 1.86. The Hall–Kier alpha value is -0.610. The maximum Gasteiger partial charge on any atom is 0.320 e. The Morgan fingerprint density at radius 1 is 1.62 bits per heavy atom. The van der Waals surface area contributed by atoms with Gasteiger partial charge in [-0.1, -0.05) is 6.92 Å². The molecule has 0 aromatic carbocycles. The van der Waals surface area contributed by atoms with Crippen LogP contribution in [-0.2, 0) is 9.53 Å². The first-order chi connectivity index (χ1) is 6.17. The van der Waals surface area contributed by atoms with Crippen molar-refractivity contribution in [2.75, 3.05) is 26.3 Å². The fourth-order valence-corrected chi connectivity index (χ4v) is 2.20. The number of likely N-dealkylation sites (tertiary alicyclic amines) is 1. The molecular formula is C9H15NO3. The summed E-state index contributed by atoms with van der Waals surface area (Å²) in [6.45, 7) is 5.36. The van der Waals surface area contributed by atoms with Crippen LogP contribution in [0.25, 0.3) is 0 Å². The number of aliphatic carboxylic acids is 1. The van der Waals surface area contributed by atoms with Crippen LogP contribution in [0.1, 0.15) is 13.3 Å². The molecule has 1 spiro atoms. The second-order valence-corrected chi connectivity index (χ2v) is 4.16. The molecule has 4 heteroatoms. The molecule has 0 bridgehead atoms. The van der Waals surface area contributed by atoms with E-state index in [1.165, 1.54) is 0 Å². The van der Waals surface area contributed by atoms with Gasteiger partial charge < -0.3 is 9.84 Å². The van der Waals surface area contributed by atoms with Gasteiger partial charge in [0.05, 0.1) is 13.2 Å². The molecule has 1 N–H and O–H groups in total. The third-order valence-electron chi connectivity index (χ3n) is 3.01. The molecule has 0 aromatic rings. The van der Waals surface area contributed by atoms with Crippen LogP contribution in [0.4, 0.5) is 0 Å². The highest BCUT2D eigenvalue weighted by Crippen LogP contribution is 2.38. The zero-order valence-electron chi connectivity index (χ0n) is 7.82. The molecule has 1 atom stereocenters. The average Bonchev–Trinajstić information content (AvgIpc) is 1.90. The molecule has 2 aliphatic heterocycles. The van der Waals surface area contributed by atoms with Crippen LogP contribution in [-0.4, -0.2) is 48.3 Å². The molecule has 0 saturated carbocycles. The van der Waals surface area contributed by atoms with Crippen LogP contribution in [0.5, 0.6) is 0 Å². The normalized spacial score (nSPS) is 27.8. The molecule has 0 aliphatic carbocycles. The van der Waals surface area contributed by atoms with Gasteiger partial charge in [-0.05, 0) is 6.42 Å². The van der Waals surface area contributed by atoms with Crippen molar-refractivity contribution in [3.8, 4) is 0 Å². The first-order valence-electron chi connectivity index (χ1n) is 4.71. The monoisotopic (exact) mass is 185 g/mol. The van der Waals surface area contributed by atoms with E-state index in [-0.39, 0.29) is 6.04 Å². The number of hydrogen-bond donors (Lipinski definition) is 1. The van der Waals surface area contributed by atoms with E-state index in [0.717, 1.165) is 26.3 Å². The minimum Gasteiger partial charge on any atom is -0.480 e. The van der Waals surface area contributed by atoms with Crippen molar-refractivity contribution in [3.05, 3.63) is 0 Å². The number of rotatable bonds is 3. The minimum atomic E-state index is -0.697. The lowest BCUT2D eigenvalue weighted by Crippen LogP contribution is -2.68. The number of carboxylic acids is 1. The van der Waals surface area contributed by atoms with Gasteiger partial charge in [0.15, 0.2) is 0 Å². The number of nitrogens with zero attached hydrogens (tertiary/aromatic N) is 1. The molecule has 2 saturated heterocycles. The standard InChI is InChI=1S/C9H15NO3/c1-2-7(8(11)12)10-3-9(4-10)5-13-6-9/h7H,2-6H2,1H3,(H,11,12). The highest BCUT2D eigenvalue weighted by atomic mass is 16.5. The second kappa shape index (κ2) is 2.96. The first-order valence-corrected chi connectivity index (χ1v) is 4.71. The molecule has 2 fully saturated rings. The van der Waals surface area contributed by atoms with Gasteiger partial charge in [0, 0.05) is 18.5 Å². The average molecular weight is 185 g/mol. The number of carboxylic acid groups (broad SMARTS) is 1. The van der Waals surface area contributed by atoms with Crippen molar-refractivity contribution in [3.63, 3.8) is 0 Å². The zero-order chi connectivity index (χ0) is 9.47. The summed E-state index contributed by atoms with van der Waals surface area (Å²) >= 11 is 0. The highest BCUT2D eigenvalue weighted by Gasteiger charge is 2.51. The second-order valence-electron chi connectivity index (χ2n) is 4.16. The van der Waals surface area contributed by atoms with Gasteiger partial charge in [-0.15, -0.1) is 0 Å². The topological polar surface area (TPSA) is 49.8 Å². The van der Waals surface area contributed by atoms with E-state index in [1.54, 1.807) is 0 Å². The van der Waals surface area contributed by atoms with Crippen molar-refractivity contribution in [1.82, 2.24) is 4.90 Å². The van der Waals surface area contributed by atoms with E-state index in [0.29, 0.717) is 11.8 Å². The van der Waals surface area contributed by atoms with Gasteiger partial charge in [0.2, 0.25) is 0 Å². The number of hydrogen-bond acceptors (Lipinski definition) is 3.